The highest BCUT2D eigenvalue weighted by atomic mass is 35.5. The smallest absolute Gasteiger partial charge is 0.273 e. The lowest BCUT2D eigenvalue weighted by molar-refractivity contribution is 0.0948. The van der Waals surface area contributed by atoms with Gasteiger partial charge < -0.3 is 10.6 Å². The van der Waals surface area contributed by atoms with Crippen LogP contribution >= 0.6 is 12.4 Å². The Morgan fingerprint density at radius 2 is 1.97 bits per heavy atom. The highest BCUT2D eigenvalue weighted by molar-refractivity contribution is 5.93. The second-order valence-corrected chi connectivity index (χ2v) is 7.18. The number of carbonyl (C=O) groups excluding carboxylic acids is 1. The molecule has 30 heavy (non-hydrogen) atoms. The molecule has 0 radical (unpaired) electrons. The number of carbonyl (C=O) groups is 1. The van der Waals surface area contributed by atoms with E-state index in [1.165, 1.54) is 12.1 Å². The Labute approximate surface area is 180 Å². The summed E-state index contributed by atoms with van der Waals surface area (Å²) in [6.45, 7) is 4.24. The molecule has 4 rings (SSSR count). The van der Waals surface area contributed by atoms with Crippen molar-refractivity contribution in [3.8, 4) is 5.69 Å². The standard InChI is InChI=1S/C20H24FN7O.ClH/c1-14-19(24-26-28(14)18-7-10-22-11-8-18)20(29)23-12-6-16-9-13-27(25-16)17-4-2-15(21)3-5-17;/h2-5,9,13,18,22H,6-8,10-12H2,1H3,(H,23,29);1H. The number of halogens is 2. The molecule has 0 atom stereocenters. The molecule has 10 heteroatoms. The number of rotatable bonds is 6. The zero-order valence-electron chi connectivity index (χ0n) is 16.7. The summed E-state index contributed by atoms with van der Waals surface area (Å²) in [4.78, 5) is 12.5. The van der Waals surface area contributed by atoms with Crippen LogP contribution in [0.4, 0.5) is 4.39 Å². The van der Waals surface area contributed by atoms with Crippen LogP contribution in [0, 0.1) is 12.7 Å². The van der Waals surface area contributed by atoms with Gasteiger partial charge in [-0.2, -0.15) is 5.10 Å². The van der Waals surface area contributed by atoms with Gasteiger partial charge in [-0.05, 0) is 63.2 Å². The molecule has 3 aromatic rings. The molecule has 3 heterocycles. The summed E-state index contributed by atoms with van der Waals surface area (Å²) in [5.41, 5.74) is 2.80. The zero-order valence-corrected chi connectivity index (χ0v) is 17.5. The molecule has 1 aliphatic rings. The molecule has 0 spiro atoms. The van der Waals surface area contributed by atoms with E-state index < -0.39 is 0 Å². The van der Waals surface area contributed by atoms with E-state index in [1.54, 1.807) is 16.8 Å². The zero-order chi connectivity index (χ0) is 20.2. The lowest BCUT2D eigenvalue weighted by Gasteiger charge is -2.23. The van der Waals surface area contributed by atoms with Crippen molar-refractivity contribution < 1.29 is 9.18 Å². The average Bonchev–Trinajstić information content (AvgIpc) is 3.36. The van der Waals surface area contributed by atoms with Gasteiger partial charge in [0.2, 0.25) is 0 Å². The summed E-state index contributed by atoms with van der Waals surface area (Å²) in [5.74, 6) is -0.503. The van der Waals surface area contributed by atoms with Crippen molar-refractivity contribution in [1.29, 1.82) is 0 Å². The number of hydrogen-bond acceptors (Lipinski definition) is 5. The minimum absolute atomic E-state index is 0. The van der Waals surface area contributed by atoms with Crippen LogP contribution in [0.25, 0.3) is 5.69 Å². The predicted molar refractivity (Wildman–Crippen MR) is 113 cm³/mol. The van der Waals surface area contributed by atoms with Gasteiger partial charge in [0.05, 0.1) is 23.1 Å². The molecule has 1 saturated heterocycles. The molecule has 1 aromatic carbocycles. The van der Waals surface area contributed by atoms with Crippen molar-refractivity contribution in [2.75, 3.05) is 19.6 Å². The van der Waals surface area contributed by atoms with Crippen LogP contribution in [0.5, 0.6) is 0 Å². The van der Waals surface area contributed by atoms with E-state index in [2.05, 4.69) is 26.0 Å². The Kier molecular flexibility index (Phi) is 7.17. The van der Waals surface area contributed by atoms with E-state index in [0.29, 0.717) is 24.7 Å². The van der Waals surface area contributed by atoms with E-state index in [1.807, 2.05) is 23.9 Å². The molecule has 160 valence electrons. The quantitative estimate of drug-likeness (QED) is 0.622. The van der Waals surface area contributed by atoms with Crippen LogP contribution < -0.4 is 10.6 Å². The average molecular weight is 434 g/mol. The van der Waals surface area contributed by atoms with Gasteiger partial charge >= 0.3 is 0 Å². The van der Waals surface area contributed by atoms with Crippen LogP contribution in [-0.2, 0) is 6.42 Å². The molecule has 2 aromatic heterocycles. The SMILES string of the molecule is Cc1c(C(=O)NCCc2ccn(-c3ccc(F)cc3)n2)nnn1C1CCNCC1.Cl. The van der Waals surface area contributed by atoms with Crippen molar-refractivity contribution in [2.45, 2.75) is 32.2 Å². The molecule has 0 aliphatic carbocycles. The summed E-state index contributed by atoms with van der Waals surface area (Å²) in [7, 11) is 0. The third-order valence-electron chi connectivity index (χ3n) is 5.20. The van der Waals surface area contributed by atoms with E-state index >= 15 is 0 Å². The van der Waals surface area contributed by atoms with Crippen LogP contribution in [-0.4, -0.2) is 50.3 Å². The number of aromatic nitrogens is 5. The van der Waals surface area contributed by atoms with Gasteiger partial charge in [-0.25, -0.2) is 13.8 Å². The molecule has 0 unspecified atom stereocenters. The topological polar surface area (TPSA) is 89.7 Å². The van der Waals surface area contributed by atoms with Crippen LogP contribution in [0.15, 0.2) is 36.5 Å². The van der Waals surface area contributed by atoms with E-state index in [9.17, 15) is 9.18 Å². The third-order valence-corrected chi connectivity index (χ3v) is 5.20. The normalized spacial score (nSPS) is 14.3. The third kappa shape index (κ3) is 4.85. The number of nitrogens with one attached hydrogen (secondary N) is 2. The van der Waals surface area contributed by atoms with Crippen molar-refractivity contribution in [2.24, 2.45) is 0 Å². The molecule has 0 bridgehead atoms. The number of amides is 1. The molecule has 1 aliphatic heterocycles. The highest BCUT2D eigenvalue weighted by Gasteiger charge is 2.22. The Morgan fingerprint density at radius 1 is 1.23 bits per heavy atom. The first-order chi connectivity index (χ1) is 14.1. The Balaban J connectivity index is 0.00000256. The first kappa shape index (κ1) is 21.9. The first-order valence-corrected chi connectivity index (χ1v) is 9.83. The second kappa shape index (κ2) is 9.82. The molecule has 1 fully saturated rings. The summed E-state index contributed by atoms with van der Waals surface area (Å²) in [6, 6.07) is 8.31. The summed E-state index contributed by atoms with van der Waals surface area (Å²) in [6.07, 6.45) is 4.38. The number of nitrogens with zero attached hydrogens (tertiary/aromatic N) is 5. The molecule has 0 saturated carbocycles. The summed E-state index contributed by atoms with van der Waals surface area (Å²) in [5, 5.41) is 19.0. The number of benzene rings is 1. The van der Waals surface area contributed by atoms with Gasteiger partial charge in [-0.15, -0.1) is 17.5 Å². The van der Waals surface area contributed by atoms with Crippen molar-refractivity contribution in [3.05, 3.63) is 59.4 Å². The fourth-order valence-electron chi connectivity index (χ4n) is 3.57. The van der Waals surface area contributed by atoms with Crippen molar-refractivity contribution >= 4 is 18.3 Å². The Hall–Kier alpha value is -2.78. The summed E-state index contributed by atoms with van der Waals surface area (Å²) >= 11 is 0. The molecular weight excluding hydrogens is 409 g/mol. The maximum absolute atomic E-state index is 13.0. The summed E-state index contributed by atoms with van der Waals surface area (Å²) < 4.78 is 16.6. The van der Waals surface area contributed by atoms with Gasteiger partial charge in [-0.1, -0.05) is 5.21 Å². The Bertz CT molecular complexity index is 979. The molecule has 2 N–H and O–H groups in total. The predicted octanol–water partition coefficient (Wildman–Crippen LogP) is 2.23. The van der Waals surface area contributed by atoms with Crippen molar-refractivity contribution in [1.82, 2.24) is 35.4 Å². The van der Waals surface area contributed by atoms with Gasteiger partial charge in [0.15, 0.2) is 5.69 Å². The van der Waals surface area contributed by atoms with E-state index in [-0.39, 0.29) is 24.1 Å². The lowest BCUT2D eigenvalue weighted by atomic mass is 10.1. The molecular formula is C20H25ClFN7O. The second-order valence-electron chi connectivity index (χ2n) is 7.18. The number of hydrogen-bond donors (Lipinski definition) is 2. The maximum atomic E-state index is 13.0. The molecule has 8 nitrogen and oxygen atoms in total. The van der Waals surface area contributed by atoms with Crippen LogP contribution in [0.3, 0.4) is 0 Å². The fourth-order valence-corrected chi connectivity index (χ4v) is 3.57. The van der Waals surface area contributed by atoms with Crippen LogP contribution in [0.1, 0.15) is 40.8 Å². The van der Waals surface area contributed by atoms with Crippen LogP contribution in [0.2, 0.25) is 0 Å². The van der Waals surface area contributed by atoms with E-state index in [4.69, 9.17) is 0 Å². The van der Waals surface area contributed by atoms with E-state index in [0.717, 1.165) is 43.0 Å². The number of piperidine rings is 1. The van der Waals surface area contributed by atoms with Gasteiger partial charge in [0.1, 0.15) is 5.82 Å². The fraction of sp³-hybridized carbons (Fsp3) is 0.400. The minimum Gasteiger partial charge on any atom is -0.350 e. The van der Waals surface area contributed by atoms with Gasteiger partial charge in [0.25, 0.3) is 5.91 Å². The largest absolute Gasteiger partial charge is 0.350 e. The lowest BCUT2D eigenvalue weighted by Crippen LogP contribution is -2.30. The minimum atomic E-state index is -0.281. The van der Waals surface area contributed by atoms with Crippen molar-refractivity contribution in [3.63, 3.8) is 0 Å². The maximum Gasteiger partial charge on any atom is 0.273 e. The Morgan fingerprint density at radius 3 is 2.70 bits per heavy atom. The highest BCUT2D eigenvalue weighted by Crippen LogP contribution is 2.20. The van der Waals surface area contributed by atoms with Gasteiger partial charge in [-0.3, -0.25) is 4.79 Å². The van der Waals surface area contributed by atoms with Gasteiger partial charge in [0, 0.05) is 19.2 Å². The monoisotopic (exact) mass is 433 g/mol. The molecule has 1 amide bonds. The first-order valence-electron chi connectivity index (χ1n) is 9.83.